The summed E-state index contributed by atoms with van der Waals surface area (Å²) in [7, 11) is 0. The molecule has 1 aromatic rings. The average Bonchev–Trinajstić information content (AvgIpc) is 2.45. The van der Waals surface area contributed by atoms with Crippen molar-refractivity contribution in [3.8, 4) is 0 Å². The number of nitrogens with one attached hydrogen (secondary N) is 1. The fourth-order valence-corrected chi connectivity index (χ4v) is 2.68. The highest BCUT2D eigenvalue weighted by atomic mass is 35.5. The van der Waals surface area contributed by atoms with Gasteiger partial charge in [-0.05, 0) is 23.8 Å². The maximum Gasteiger partial charge on any atom is 0.416 e. The van der Waals surface area contributed by atoms with E-state index < -0.39 is 41.3 Å². The van der Waals surface area contributed by atoms with Crippen LogP contribution in [0.15, 0.2) is 18.2 Å². The topological polar surface area (TPSA) is 15.3 Å². The number of hydrogen-bond donors (Lipinski definition) is 1. The van der Waals surface area contributed by atoms with Crippen molar-refractivity contribution in [3.63, 3.8) is 0 Å². The van der Waals surface area contributed by atoms with Crippen LogP contribution in [0.1, 0.15) is 22.7 Å². The molecule has 1 aliphatic heterocycles. The van der Waals surface area contributed by atoms with Gasteiger partial charge < -0.3 is 5.32 Å². The Balaban J connectivity index is 0.00000338. The first-order chi connectivity index (χ1) is 11.3. The first-order valence-electron chi connectivity index (χ1n) is 7.11. The molecule has 0 spiro atoms. The predicted molar refractivity (Wildman–Crippen MR) is 84.2 cm³/mol. The van der Waals surface area contributed by atoms with E-state index in [9.17, 15) is 39.5 Å². The number of alkyl halides is 9. The molecule has 0 aliphatic carbocycles. The van der Waals surface area contributed by atoms with Crippen molar-refractivity contribution < 1.29 is 39.5 Å². The second-order valence-electron chi connectivity index (χ2n) is 5.57. The van der Waals surface area contributed by atoms with Crippen molar-refractivity contribution in [2.45, 2.75) is 24.6 Å². The van der Waals surface area contributed by atoms with E-state index in [2.05, 4.69) is 5.32 Å². The summed E-state index contributed by atoms with van der Waals surface area (Å²) in [5.41, 5.74) is -4.60. The van der Waals surface area contributed by atoms with E-state index in [0.29, 0.717) is 0 Å². The molecule has 0 aromatic heterocycles. The molecule has 0 radical (unpaired) electrons. The quantitative estimate of drug-likeness (QED) is 0.629. The summed E-state index contributed by atoms with van der Waals surface area (Å²) in [4.78, 5) is 0.826. The molecular formula is C14H15Cl2F9N2. The van der Waals surface area contributed by atoms with E-state index in [1.54, 1.807) is 0 Å². The lowest BCUT2D eigenvalue weighted by Crippen LogP contribution is -2.49. The van der Waals surface area contributed by atoms with Crippen LogP contribution in [0.5, 0.6) is 0 Å². The molecule has 1 N–H and O–H groups in total. The minimum Gasteiger partial charge on any atom is -0.314 e. The van der Waals surface area contributed by atoms with Crippen molar-refractivity contribution >= 4 is 24.8 Å². The second-order valence-corrected chi connectivity index (χ2v) is 5.57. The number of halogens is 11. The summed E-state index contributed by atoms with van der Waals surface area (Å²) in [6.45, 7) is -0.00111. The van der Waals surface area contributed by atoms with E-state index >= 15 is 0 Å². The zero-order valence-electron chi connectivity index (χ0n) is 13.3. The van der Waals surface area contributed by atoms with Gasteiger partial charge in [0.05, 0.1) is 11.1 Å². The summed E-state index contributed by atoms with van der Waals surface area (Å²) in [5.74, 6) is 0. The molecule has 2 rings (SSSR count). The van der Waals surface area contributed by atoms with Crippen LogP contribution in [0.25, 0.3) is 0 Å². The molecule has 27 heavy (non-hydrogen) atoms. The molecule has 0 saturated carbocycles. The Bertz CT molecular complexity index is 576. The van der Waals surface area contributed by atoms with Gasteiger partial charge in [0.15, 0.2) is 0 Å². The highest BCUT2D eigenvalue weighted by Gasteiger charge is 2.47. The van der Waals surface area contributed by atoms with E-state index in [1.165, 1.54) is 0 Å². The van der Waals surface area contributed by atoms with Crippen molar-refractivity contribution in [2.75, 3.05) is 26.2 Å². The van der Waals surface area contributed by atoms with Crippen LogP contribution in [0, 0.1) is 0 Å². The van der Waals surface area contributed by atoms with Crippen LogP contribution < -0.4 is 5.32 Å². The lowest BCUT2D eigenvalue weighted by Gasteiger charge is -2.36. The number of piperazine rings is 1. The molecule has 13 heteroatoms. The van der Waals surface area contributed by atoms with Crippen LogP contribution in [-0.4, -0.2) is 37.3 Å². The first kappa shape index (κ1) is 26.1. The predicted octanol–water partition coefficient (Wildman–Crippen LogP) is 5.08. The molecule has 0 bridgehead atoms. The summed E-state index contributed by atoms with van der Waals surface area (Å²) in [6, 6.07) is -2.46. The van der Waals surface area contributed by atoms with E-state index in [-0.39, 0.29) is 69.2 Å². The Morgan fingerprint density at radius 2 is 1.15 bits per heavy atom. The van der Waals surface area contributed by atoms with E-state index in [1.807, 2.05) is 0 Å². The Labute approximate surface area is 160 Å². The van der Waals surface area contributed by atoms with E-state index in [0.717, 1.165) is 4.90 Å². The van der Waals surface area contributed by atoms with Crippen LogP contribution in [0.4, 0.5) is 39.5 Å². The maximum absolute atomic E-state index is 13.4. The molecule has 0 amide bonds. The smallest absolute Gasteiger partial charge is 0.314 e. The molecule has 1 saturated heterocycles. The van der Waals surface area contributed by atoms with Gasteiger partial charge in [-0.3, -0.25) is 4.90 Å². The highest BCUT2D eigenvalue weighted by Crippen LogP contribution is 2.43. The Kier molecular flexibility index (Phi) is 8.75. The minimum atomic E-state index is -5.20. The highest BCUT2D eigenvalue weighted by molar-refractivity contribution is 5.85. The van der Waals surface area contributed by atoms with Gasteiger partial charge in [0.2, 0.25) is 0 Å². The van der Waals surface area contributed by atoms with Gasteiger partial charge in [0.1, 0.15) is 6.04 Å². The van der Waals surface area contributed by atoms with E-state index in [4.69, 9.17) is 0 Å². The van der Waals surface area contributed by atoms with Gasteiger partial charge in [-0.1, -0.05) is 0 Å². The van der Waals surface area contributed by atoms with Crippen molar-refractivity contribution in [1.29, 1.82) is 0 Å². The Morgan fingerprint density at radius 3 is 1.48 bits per heavy atom. The summed E-state index contributed by atoms with van der Waals surface area (Å²) >= 11 is 0. The van der Waals surface area contributed by atoms with Gasteiger partial charge >= 0.3 is 18.5 Å². The van der Waals surface area contributed by atoms with Crippen LogP contribution in [0.2, 0.25) is 0 Å². The minimum absolute atomic E-state index is 0. The maximum atomic E-state index is 13.4. The summed E-state index contributed by atoms with van der Waals surface area (Å²) < 4.78 is 117. The fourth-order valence-electron chi connectivity index (χ4n) is 2.68. The van der Waals surface area contributed by atoms with Crippen LogP contribution >= 0.6 is 24.8 Å². The normalized spacial score (nSPS) is 17.7. The largest absolute Gasteiger partial charge is 0.416 e. The van der Waals surface area contributed by atoms with Gasteiger partial charge in [0.25, 0.3) is 0 Å². The number of nitrogens with zero attached hydrogens (tertiary/aromatic N) is 1. The van der Waals surface area contributed by atoms with Crippen molar-refractivity contribution in [1.82, 2.24) is 10.2 Å². The lowest BCUT2D eigenvalue weighted by molar-refractivity contribution is -0.188. The molecule has 1 atom stereocenters. The Hall–Kier alpha value is -0.910. The molecule has 1 fully saturated rings. The third kappa shape index (κ3) is 6.58. The van der Waals surface area contributed by atoms with Crippen LogP contribution in [-0.2, 0) is 12.4 Å². The van der Waals surface area contributed by atoms with Crippen molar-refractivity contribution in [3.05, 3.63) is 34.9 Å². The monoisotopic (exact) mass is 452 g/mol. The van der Waals surface area contributed by atoms with Gasteiger partial charge in [-0.15, -0.1) is 24.8 Å². The molecule has 0 unspecified atom stereocenters. The van der Waals surface area contributed by atoms with Gasteiger partial charge in [-0.25, -0.2) is 0 Å². The first-order valence-corrected chi connectivity index (χ1v) is 7.11. The van der Waals surface area contributed by atoms with Gasteiger partial charge in [0, 0.05) is 26.2 Å². The molecule has 1 heterocycles. The summed E-state index contributed by atoms with van der Waals surface area (Å²) in [6.07, 6.45) is -15.4. The molecule has 1 aliphatic rings. The number of rotatable bonds is 2. The van der Waals surface area contributed by atoms with Crippen molar-refractivity contribution in [2.24, 2.45) is 0 Å². The molecule has 1 aromatic carbocycles. The third-order valence-electron chi connectivity index (χ3n) is 3.75. The van der Waals surface area contributed by atoms with Crippen LogP contribution in [0.3, 0.4) is 0 Å². The molecule has 158 valence electrons. The Morgan fingerprint density at radius 1 is 0.741 bits per heavy atom. The summed E-state index contributed by atoms with van der Waals surface area (Å²) in [5, 5.41) is 2.77. The fraction of sp³-hybridized carbons (Fsp3) is 0.571. The molecular weight excluding hydrogens is 438 g/mol. The lowest BCUT2D eigenvalue weighted by atomic mass is 9.97. The number of benzene rings is 1. The second kappa shape index (κ2) is 9.06. The standard InChI is InChI=1S/C14H13F9N2.2ClH/c15-12(16,17)9-5-8(6-10(7-9)13(18,19)20)11(14(21,22)23)25-3-1-24-2-4-25;;/h5-7,11,24H,1-4H2;2*1H/t11-;;/m1../s1. The zero-order valence-corrected chi connectivity index (χ0v) is 14.9. The average molecular weight is 453 g/mol. The number of hydrogen-bond acceptors (Lipinski definition) is 2. The zero-order chi connectivity index (χ0) is 19.0. The SMILES string of the molecule is Cl.Cl.FC(F)(F)c1cc([C@@H](N2CCNCC2)C(F)(F)F)cc(C(F)(F)F)c1. The molecule has 2 nitrogen and oxygen atoms in total. The third-order valence-corrected chi connectivity index (χ3v) is 3.75. The van der Waals surface area contributed by atoms with Gasteiger partial charge in [-0.2, -0.15) is 39.5 Å².